The van der Waals surface area contributed by atoms with Crippen LogP contribution in [0.5, 0.6) is 0 Å². The molecule has 1 aliphatic carbocycles. The first-order valence-electron chi connectivity index (χ1n) is 3.71. The van der Waals surface area contributed by atoms with Crippen LogP contribution in [0.25, 0.3) is 0 Å². The molecular formula is C7H14N2. The van der Waals surface area contributed by atoms with Gasteiger partial charge in [-0.3, -0.25) is 0 Å². The normalized spacial score (nSPS) is 50.7. The van der Waals surface area contributed by atoms with Gasteiger partial charge < -0.3 is 10.6 Å². The maximum absolute atomic E-state index is 5.86. The van der Waals surface area contributed by atoms with E-state index in [0.717, 1.165) is 11.8 Å². The molecule has 0 amide bonds. The highest BCUT2D eigenvalue weighted by Gasteiger charge is 2.43. The molecule has 2 atom stereocenters. The van der Waals surface area contributed by atoms with Crippen LogP contribution in [0.1, 0.15) is 6.42 Å². The first kappa shape index (κ1) is 5.69. The Balaban J connectivity index is 2.01. The monoisotopic (exact) mass is 126 g/mol. The van der Waals surface area contributed by atoms with Crippen LogP contribution < -0.4 is 5.73 Å². The van der Waals surface area contributed by atoms with Gasteiger partial charge in [0, 0.05) is 19.1 Å². The molecule has 52 valence electrons. The van der Waals surface area contributed by atoms with Crippen molar-refractivity contribution in [2.24, 2.45) is 17.6 Å². The number of nitrogens with zero attached hydrogens (tertiary/aromatic N) is 1. The topological polar surface area (TPSA) is 29.3 Å². The minimum absolute atomic E-state index is 0.543. The lowest BCUT2D eigenvalue weighted by atomic mass is 9.67. The second-order valence-electron chi connectivity index (χ2n) is 3.55. The van der Waals surface area contributed by atoms with Gasteiger partial charge in [-0.05, 0) is 25.3 Å². The van der Waals surface area contributed by atoms with Crippen molar-refractivity contribution < 1.29 is 0 Å². The Hall–Kier alpha value is -0.0800. The fraction of sp³-hybridized carbons (Fsp3) is 1.00. The van der Waals surface area contributed by atoms with E-state index in [4.69, 9.17) is 5.73 Å². The molecule has 2 bridgehead atoms. The van der Waals surface area contributed by atoms with E-state index in [1.165, 1.54) is 19.5 Å². The van der Waals surface area contributed by atoms with E-state index in [0.29, 0.717) is 6.04 Å². The third kappa shape index (κ3) is 0.700. The van der Waals surface area contributed by atoms with Gasteiger partial charge in [0.05, 0.1) is 0 Å². The Bertz CT molecular complexity index is 112. The summed E-state index contributed by atoms with van der Waals surface area (Å²) in [7, 11) is 2.19. The van der Waals surface area contributed by atoms with Crippen LogP contribution in [0.15, 0.2) is 0 Å². The molecule has 0 aromatic rings. The molecule has 2 nitrogen and oxygen atoms in total. The van der Waals surface area contributed by atoms with Gasteiger partial charge in [-0.2, -0.15) is 0 Å². The van der Waals surface area contributed by atoms with Gasteiger partial charge in [0.15, 0.2) is 0 Å². The number of hydrogen-bond acceptors (Lipinski definition) is 2. The van der Waals surface area contributed by atoms with Crippen molar-refractivity contribution in [2.75, 3.05) is 20.1 Å². The fourth-order valence-electron chi connectivity index (χ4n) is 2.16. The van der Waals surface area contributed by atoms with Gasteiger partial charge in [-0.1, -0.05) is 0 Å². The predicted octanol–water partition coefficient (Wildman–Crippen LogP) is -0.105. The number of fused-ring (bicyclic) bond motifs is 2. The average Bonchev–Trinajstić information content (AvgIpc) is 1.87. The maximum atomic E-state index is 5.86. The van der Waals surface area contributed by atoms with Gasteiger partial charge in [0.25, 0.3) is 0 Å². The molecule has 2 heteroatoms. The van der Waals surface area contributed by atoms with Gasteiger partial charge in [-0.25, -0.2) is 0 Å². The van der Waals surface area contributed by atoms with Gasteiger partial charge in [0.1, 0.15) is 0 Å². The minimum atomic E-state index is 0.543. The lowest BCUT2D eigenvalue weighted by molar-refractivity contribution is 0.0171. The highest BCUT2D eigenvalue weighted by molar-refractivity contribution is 4.98. The summed E-state index contributed by atoms with van der Waals surface area (Å²) in [5.74, 6) is 1.66. The van der Waals surface area contributed by atoms with E-state index >= 15 is 0 Å². The molecule has 0 aromatic carbocycles. The summed E-state index contributed by atoms with van der Waals surface area (Å²) in [6.07, 6.45) is 1.39. The molecule has 3 fully saturated rings. The van der Waals surface area contributed by atoms with Crippen LogP contribution in [0, 0.1) is 11.8 Å². The van der Waals surface area contributed by atoms with Crippen LogP contribution in [0.3, 0.4) is 0 Å². The molecular weight excluding hydrogens is 112 g/mol. The predicted molar refractivity (Wildman–Crippen MR) is 37.1 cm³/mol. The number of hydrogen-bond donors (Lipinski definition) is 1. The first-order valence-corrected chi connectivity index (χ1v) is 3.71. The second kappa shape index (κ2) is 1.70. The van der Waals surface area contributed by atoms with Gasteiger partial charge in [0.2, 0.25) is 0 Å². The van der Waals surface area contributed by atoms with Crippen molar-refractivity contribution in [2.45, 2.75) is 12.5 Å². The summed E-state index contributed by atoms with van der Waals surface area (Å²) in [6, 6.07) is 0.543. The average molecular weight is 126 g/mol. The lowest BCUT2D eigenvalue weighted by Crippen LogP contribution is -2.60. The van der Waals surface area contributed by atoms with Crippen LogP contribution in [-0.4, -0.2) is 31.1 Å². The molecule has 3 rings (SSSR count). The smallest absolute Gasteiger partial charge is 0.0120 e. The molecule has 2 saturated heterocycles. The Morgan fingerprint density at radius 2 is 1.89 bits per heavy atom. The molecule has 2 aliphatic heterocycles. The number of rotatable bonds is 0. The van der Waals surface area contributed by atoms with Crippen LogP contribution in [0.2, 0.25) is 0 Å². The fourth-order valence-corrected chi connectivity index (χ4v) is 2.16. The summed E-state index contributed by atoms with van der Waals surface area (Å²) in [5, 5.41) is 0. The van der Waals surface area contributed by atoms with Crippen molar-refractivity contribution >= 4 is 0 Å². The van der Waals surface area contributed by atoms with E-state index < -0.39 is 0 Å². The van der Waals surface area contributed by atoms with Crippen molar-refractivity contribution in [3.63, 3.8) is 0 Å². The second-order valence-corrected chi connectivity index (χ2v) is 3.55. The zero-order valence-corrected chi connectivity index (χ0v) is 5.88. The Morgan fingerprint density at radius 1 is 1.33 bits per heavy atom. The summed E-state index contributed by atoms with van der Waals surface area (Å²) >= 11 is 0. The zero-order chi connectivity index (χ0) is 6.43. The number of piperidine rings is 2. The zero-order valence-electron chi connectivity index (χ0n) is 5.88. The molecule has 3 aliphatic rings. The van der Waals surface area contributed by atoms with Crippen molar-refractivity contribution in [3.05, 3.63) is 0 Å². The van der Waals surface area contributed by atoms with Gasteiger partial charge >= 0.3 is 0 Å². The molecule has 2 unspecified atom stereocenters. The Kier molecular flexibility index (Phi) is 1.08. The summed E-state index contributed by atoms with van der Waals surface area (Å²) in [5.41, 5.74) is 5.86. The summed E-state index contributed by atoms with van der Waals surface area (Å²) in [6.45, 7) is 2.47. The third-order valence-electron chi connectivity index (χ3n) is 2.79. The minimum Gasteiger partial charge on any atom is -0.327 e. The van der Waals surface area contributed by atoms with E-state index in [2.05, 4.69) is 11.9 Å². The SMILES string of the molecule is CN1CC2CC(C1)C2N. The molecule has 9 heavy (non-hydrogen) atoms. The van der Waals surface area contributed by atoms with E-state index in [1.807, 2.05) is 0 Å². The lowest BCUT2D eigenvalue weighted by Gasteiger charge is -2.51. The largest absolute Gasteiger partial charge is 0.327 e. The molecule has 0 spiro atoms. The molecule has 0 aromatic heterocycles. The summed E-state index contributed by atoms with van der Waals surface area (Å²) < 4.78 is 0. The van der Waals surface area contributed by atoms with E-state index in [-0.39, 0.29) is 0 Å². The van der Waals surface area contributed by atoms with Crippen LogP contribution >= 0.6 is 0 Å². The molecule has 2 N–H and O–H groups in total. The molecule has 1 saturated carbocycles. The van der Waals surface area contributed by atoms with E-state index in [9.17, 15) is 0 Å². The van der Waals surface area contributed by atoms with Crippen LogP contribution in [-0.2, 0) is 0 Å². The van der Waals surface area contributed by atoms with E-state index in [1.54, 1.807) is 0 Å². The first-order chi connectivity index (χ1) is 4.27. The molecule has 0 radical (unpaired) electrons. The standard InChI is InChI=1S/C7H14N2/c1-9-3-5-2-6(4-9)7(5)8/h5-7H,2-4,8H2,1H3. The van der Waals surface area contributed by atoms with Crippen molar-refractivity contribution in [1.29, 1.82) is 0 Å². The highest BCUT2D eigenvalue weighted by Crippen LogP contribution is 2.37. The Labute approximate surface area is 56.0 Å². The number of nitrogens with two attached hydrogens (primary N) is 1. The van der Waals surface area contributed by atoms with Gasteiger partial charge in [-0.15, -0.1) is 0 Å². The summed E-state index contributed by atoms with van der Waals surface area (Å²) in [4.78, 5) is 2.39. The van der Waals surface area contributed by atoms with Crippen molar-refractivity contribution in [1.82, 2.24) is 4.90 Å². The maximum Gasteiger partial charge on any atom is 0.0120 e. The highest BCUT2D eigenvalue weighted by atomic mass is 15.1. The quantitative estimate of drug-likeness (QED) is 0.491. The van der Waals surface area contributed by atoms with Crippen molar-refractivity contribution in [3.8, 4) is 0 Å². The third-order valence-corrected chi connectivity index (χ3v) is 2.79. The Morgan fingerprint density at radius 3 is 2.22 bits per heavy atom. The van der Waals surface area contributed by atoms with Crippen LogP contribution in [0.4, 0.5) is 0 Å². The molecule has 2 heterocycles.